The number of non-ortho nitro benzene ring substituents is 1. The Morgan fingerprint density at radius 1 is 1.21 bits per heavy atom. The molecule has 0 aliphatic rings. The van der Waals surface area contributed by atoms with E-state index in [0.717, 1.165) is 17.0 Å². The molecule has 0 aliphatic carbocycles. The van der Waals surface area contributed by atoms with Gasteiger partial charge in [-0.25, -0.2) is 0 Å². The number of hydrogen-bond donors (Lipinski definition) is 1. The van der Waals surface area contributed by atoms with E-state index in [0.29, 0.717) is 17.9 Å². The minimum Gasteiger partial charge on any atom is -0.497 e. The zero-order valence-electron chi connectivity index (χ0n) is 15.8. The number of aromatic nitrogens is 2. The summed E-state index contributed by atoms with van der Waals surface area (Å²) in [5.74, 6) is 0.342. The molecule has 8 heteroatoms. The van der Waals surface area contributed by atoms with Crippen molar-refractivity contribution in [2.45, 2.75) is 20.4 Å². The molecule has 8 nitrogen and oxygen atoms in total. The number of benzene rings is 2. The number of nitro benzene ring substituents is 1. The Balaban J connectivity index is 1.82. The lowest BCUT2D eigenvalue weighted by molar-refractivity contribution is -0.384. The van der Waals surface area contributed by atoms with Gasteiger partial charge < -0.3 is 10.1 Å². The lowest BCUT2D eigenvalue weighted by Crippen LogP contribution is -2.13. The van der Waals surface area contributed by atoms with Gasteiger partial charge in [0.25, 0.3) is 11.6 Å². The number of nitrogens with zero attached hydrogens (tertiary/aromatic N) is 3. The maximum atomic E-state index is 12.6. The van der Waals surface area contributed by atoms with Gasteiger partial charge in [-0.1, -0.05) is 18.2 Å². The van der Waals surface area contributed by atoms with Gasteiger partial charge in [0.1, 0.15) is 5.75 Å². The third kappa shape index (κ3) is 4.01. The summed E-state index contributed by atoms with van der Waals surface area (Å²) >= 11 is 0. The molecule has 3 rings (SSSR count). The number of methoxy groups -OCH3 is 1. The fourth-order valence-electron chi connectivity index (χ4n) is 2.92. The summed E-state index contributed by atoms with van der Waals surface area (Å²) < 4.78 is 7.04. The summed E-state index contributed by atoms with van der Waals surface area (Å²) in [6, 6.07) is 13.3. The summed E-state index contributed by atoms with van der Waals surface area (Å²) in [5.41, 5.74) is 3.16. The maximum Gasteiger partial charge on any atom is 0.270 e. The molecule has 0 atom stereocenters. The highest BCUT2D eigenvalue weighted by Gasteiger charge is 2.17. The van der Waals surface area contributed by atoms with Crippen molar-refractivity contribution in [3.05, 3.63) is 81.2 Å². The lowest BCUT2D eigenvalue weighted by Gasteiger charge is -2.08. The van der Waals surface area contributed by atoms with Gasteiger partial charge in [0, 0.05) is 17.7 Å². The quantitative estimate of drug-likeness (QED) is 0.519. The van der Waals surface area contributed by atoms with Crippen molar-refractivity contribution in [1.82, 2.24) is 9.78 Å². The smallest absolute Gasteiger partial charge is 0.270 e. The monoisotopic (exact) mass is 380 g/mol. The van der Waals surface area contributed by atoms with Crippen molar-refractivity contribution in [1.29, 1.82) is 0 Å². The Labute approximate surface area is 161 Å². The van der Waals surface area contributed by atoms with Crippen LogP contribution in [0.5, 0.6) is 5.75 Å². The molecule has 0 saturated heterocycles. The molecule has 2 aromatic carbocycles. The molecule has 0 bridgehead atoms. The SMILES string of the molecule is COc1cccc(Cn2nc(C)c(NC(=O)c3cccc([N+](=O)[O-])c3)c2C)c1. The second-order valence-electron chi connectivity index (χ2n) is 6.32. The molecule has 0 radical (unpaired) electrons. The van der Waals surface area contributed by atoms with Crippen LogP contribution in [-0.4, -0.2) is 27.7 Å². The number of hydrogen-bond acceptors (Lipinski definition) is 5. The third-order valence-electron chi connectivity index (χ3n) is 4.41. The standard InChI is InChI=1S/C20H20N4O4/c1-13-19(21-20(25)16-7-5-8-17(11-16)24(26)27)14(2)23(22-13)12-15-6-4-9-18(10-15)28-3/h4-11H,12H2,1-3H3,(H,21,25). The van der Waals surface area contributed by atoms with Gasteiger partial charge in [0.2, 0.25) is 0 Å². The van der Waals surface area contributed by atoms with Gasteiger partial charge in [-0.3, -0.25) is 19.6 Å². The highest BCUT2D eigenvalue weighted by Crippen LogP contribution is 2.23. The van der Waals surface area contributed by atoms with Crippen molar-refractivity contribution in [3.63, 3.8) is 0 Å². The van der Waals surface area contributed by atoms with Gasteiger partial charge in [-0.2, -0.15) is 5.10 Å². The molecule has 0 fully saturated rings. The molecule has 0 spiro atoms. The van der Waals surface area contributed by atoms with Gasteiger partial charge in [-0.05, 0) is 37.6 Å². The molecular weight excluding hydrogens is 360 g/mol. The number of nitrogens with one attached hydrogen (secondary N) is 1. The van der Waals surface area contributed by atoms with E-state index in [1.54, 1.807) is 18.7 Å². The number of carbonyl (C=O) groups excluding carboxylic acids is 1. The molecule has 1 aromatic heterocycles. The number of nitro groups is 1. The molecule has 0 aliphatic heterocycles. The fraction of sp³-hybridized carbons (Fsp3) is 0.200. The molecule has 1 heterocycles. The predicted octanol–water partition coefficient (Wildman–Crippen LogP) is 3.72. The molecular formula is C20H20N4O4. The zero-order valence-corrected chi connectivity index (χ0v) is 15.8. The topological polar surface area (TPSA) is 99.3 Å². The molecule has 3 aromatic rings. The van der Waals surface area contributed by atoms with Crippen molar-refractivity contribution >= 4 is 17.3 Å². The summed E-state index contributed by atoms with van der Waals surface area (Å²) in [4.78, 5) is 22.9. The highest BCUT2D eigenvalue weighted by atomic mass is 16.6. The van der Waals surface area contributed by atoms with E-state index in [-0.39, 0.29) is 11.3 Å². The predicted molar refractivity (Wildman–Crippen MR) is 105 cm³/mol. The minimum atomic E-state index is -0.528. The molecule has 28 heavy (non-hydrogen) atoms. The first-order valence-corrected chi connectivity index (χ1v) is 8.61. The number of rotatable bonds is 6. The van der Waals surface area contributed by atoms with Crippen LogP contribution < -0.4 is 10.1 Å². The average molecular weight is 380 g/mol. The zero-order chi connectivity index (χ0) is 20.3. The Morgan fingerprint density at radius 3 is 2.68 bits per heavy atom. The van der Waals surface area contributed by atoms with Crippen LogP contribution in [0.25, 0.3) is 0 Å². The van der Waals surface area contributed by atoms with E-state index in [9.17, 15) is 14.9 Å². The van der Waals surface area contributed by atoms with Gasteiger partial charge in [0.15, 0.2) is 0 Å². The molecule has 144 valence electrons. The molecule has 0 saturated carbocycles. The van der Waals surface area contributed by atoms with Gasteiger partial charge >= 0.3 is 0 Å². The Hall–Kier alpha value is -3.68. The molecule has 0 unspecified atom stereocenters. The van der Waals surface area contributed by atoms with E-state index < -0.39 is 10.8 Å². The van der Waals surface area contributed by atoms with Crippen molar-refractivity contribution in [3.8, 4) is 5.75 Å². The van der Waals surface area contributed by atoms with Crippen LogP contribution in [-0.2, 0) is 6.54 Å². The third-order valence-corrected chi connectivity index (χ3v) is 4.41. The van der Waals surface area contributed by atoms with Crippen LogP contribution in [0.3, 0.4) is 0 Å². The number of carbonyl (C=O) groups is 1. The van der Waals surface area contributed by atoms with Crippen LogP contribution in [0.15, 0.2) is 48.5 Å². The Morgan fingerprint density at radius 2 is 1.96 bits per heavy atom. The normalized spacial score (nSPS) is 10.5. The largest absolute Gasteiger partial charge is 0.497 e. The number of ether oxygens (including phenoxy) is 1. The second kappa shape index (κ2) is 7.91. The van der Waals surface area contributed by atoms with Crippen molar-refractivity contribution < 1.29 is 14.5 Å². The summed E-state index contributed by atoms with van der Waals surface area (Å²) in [6.07, 6.45) is 0. The average Bonchev–Trinajstić information content (AvgIpc) is 2.95. The number of aryl methyl sites for hydroxylation is 1. The Bertz CT molecular complexity index is 1040. The molecule has 1 N–H and O–H groups in total. The Kier molecular flexibility index (Phi) is 5.39. The van der Waals surface area contributed by atoms with Crippen LogP contribution in [0.2, 0.25) is 0 Å². The van der Waals surface area contributed by atoms with E-state index in [1.807, 2.05) is 31.2 Å². The van der Waals surface area contributed by atoms with Crippen LogP contribution >= 0.6 is 0 Å². The maximum absolute atomic E-state index is 12.6. The first-order chi connectivity index (χ1) is 13.4. The van der Waals surface area contributed by atoms with Crippen molar-refractivity contribution in [2.75, 3.05) is 12.4 Å². The van der Waals surface area contributed by atoms with E-state index in [1.165, 1.54) is 24.3 Å². The van der Waals surface area contributed by atoms with Crippen LogP contribution in [0.4, 0.5) is 11.4 Å². The summed E-state index contributed by atoms with van der Waals surface area (Å²) in [7, 11) is 1.62. The lowest BCUT2D eigenvalue weighted by atomic mass is 10.2. The number of amides is 1. The fourth-order valence-corrected chi connectivity index (χ4v) is 2.92. The first-order valence-electron chi connectivity index (χ1n) is 8.61. The van der Waals surface area contributed by atoms with E-state index in [2.05, 4.69) is 10.4 Å². The van der Waals surface area contributed by atoms with E-state index in [4.69, 9.17) is 4.74 Å². The van der Waals surface area contributed by atoms with E-state index >= 15 is 0 Å². The van der Waals surface area contributed by atoms with Gasteiger partial charge in [-0.15, -0.1) is 0 Å². The highest BCUT2D eigenvalue weighted by molar-refractivity contribution is 6.05. The van der Waals surface area contributed by atoms with Crippen LogP contribution in [0, 0.1) is 24.0 Å². The van der Waals surface area contributed by atoms with Crippen LogP contribution in [0.1, 0.15) is 27.3 Å². The minimum absolute atomic E-state index is 0.130. The number of anilines is 1. The van der Waals surface area contributed by atoms with Gasteiger partial charge in [0.05, 0.1) is 35.7 Å². The first kappa shape index (κ1) is 19.1. The summed E-state index contributed by atoms with van der Waals surface area (Å²) in [5, 5.41) is 18.2. The molecule has 1 amide bonds. The van der Waals surface area contributed by atoms with Crippen molar-refractivity contribution in [2.24, 2.45) is 0 Å². The second-order valence-corrected chi connectivity index (χ2v) is 6.32. The summed E-state index contributed by atoms with van der Waals surface area (Å²) in [6.45, 7) is 4.19.